The van der Waals surface area contributed by atoms with Crippen LogP contribution in [0.15, 0.2) is 6.20 Å². The number of nitrogens with one attached hydrogen (secondary N) is 1. The Hall–Kier alpha value is -2.41. The van der Waals surface area contributed by atoms with Crippen LogP contribution in [0.5, 0.6) is 0 Å². The summed E-state index contributed by atoms with van der Waals surface area (Å²) in [5.74, 6) is -0.570. The number of likely N-dealkylation sites (tertiary alicyclic amines) is 1. The van der Waals surface area contributed by atoms with Gasteiger partial charge in [0.25, 0.3) is 0 Å². The Morgan fingerprint density at radius 2 is 1.64 bits per heavy atom. The molecule has 0 bridgehead atoms. The topological polar surface area (TPSA) is 134 Å². The number of rotatable bonds is 21. The maximum absolute atomic E-state index is 12.0. The predicted molar refractivity (Wildman–Crippen MR) is 130 cm³/mol. The van der Waals surface area contributed by atoms with Gasteiger partial charge in [0.1, 0.15) is 5.69 Å². The summed E-state index contributed by atoms with van der Waals surface area (Å²) in [5, 5.41) is 10.9. The highest BCUT2D eigenvalue weighted by Crippen LogP contribution is 2.20. The molecule has 1 fully saturated rings. The van der Waals surface area contributed by atoms with Crippen LogP contribution < -0.4 is 5.32 Å². The molecule has 1 N–H and O–H groups in total. The highest BCUT2D eigenvalue weighted by molar-refractivity contribution is 6.03. The molecule has 0 saturated carbocycles. The summed E-state index contributed by atoms with van der Waals surface area (Å²) in [6, 6.07) is 0. The lowest BCUT2D eigenvalue weighted by atomic mass is 10.1. The number of hydrogen-bond donors (Lipinski definition) is 1. The van der Waals surface area contributed by atoms with Crippen molar-refractivity contribution in [2.24, 2.45) is 5.92 Å². The van der Waals surface area contributed by atoms with Crippen LogP contribution in [0.3, 0.4) is 0 Å². The van der Waals surface area contributed by atoms with Crippen molar-refractivity contribution in [1.29, 1.82) is 0 Å². The third-order valence-corrected chi connectivity index (χ3v) is 5.53. The summed E-state index contributed by atoms with van der Waals surface area (Å²) < 4.78 is 23.4. The van der Waals surface area contributed by atoms with Crippen molar-refractivity contribution in [2.75, 3.05) is 59.4 Å². The molecule has 36 heavy (non-hydrogen) atoms. The van der Waals surface area contributed by atoms with Crippen molar-refractivity contribution in [3.05, 3.63) is 11.9 Å². The molecular weight excluding hydrogens is 470 g/mol. The van der Waals surface area contributed by atoms with E-state index < -0.39 is 0 Å². The van der Waals surface area contributed by atoms with Crippen molar-refractivity contribution in [3.8, 4) is 0 Å². The predicted octanol–water partition coefficient (Wildman–Crippen LogP) is 0.936. The lowest BCUT2D eigenvalue weighted by Crippen LogP contribution is -2.29. The molecule has 1 aliphatic heterocycles. The van der Waals surface area contributed by atoms with Crippen molar-refractivity contribution < 1.29 is 33.3 Å². The van der Waals surface area contributed by atoms with Crippen LogP contribution in [0.25, 0.3) is 0 Å². The van der Waals surface area contributed by atoms with Crippen LogP contribution >= 0.6 is 0 Å². The van der Waals surface area contributed by atoms with E-state index in [-0.39, 0.29) is 36.6 Å². The Balaban J connectivity index is 1.35. The van der Waals surface area contributed by atoms with Gasteiger partial charge in [0.05, 0.1) is 72.1 Å². The van der Waals surface area contributed by atoms with E-state index in [0.29, 0.717) is 71.5 Å². The van der Waals surface area contributed by atoms with Crippen LogP contribution in [0.4, 0.5) is 0 Å². The van der Waals surface area contributed by atoms with Crippen LogP contribution in [0, 0.1) is 5.92 Å². The second-order valence-electron chi connectivity index (χ2n) is 8.65. The van der Waals surface area contributed by atoms with E-state index in [1.54, 1.807) is 17.8 Å². The second kappa shape index (κ2) is 17.9. The van der Waals surface area contributed by atoms with E-state index in [0.717, 1.165) is 25.8 Å². The number of imide groups is 1. The van der Waals surface area contributed by atoms with Crippen molar-refractivity contribution in [1.82, 2.24) is 25.2 Å². The maximum atomic E-state index is 12.0. The first-order valence-electron chi connectivity index (χ1n) is 12.8. The van der Waals surface area contributed by atoms with Crippen molar-refractivity contribution in [2.45, 2.75) is 59.0 Å². The number of aromatic nitrogens is 3. The molecule has 3 amide bonds. The summed E-state index contributed by atoms with van der Waals surface area (Å²) in [4.78, 5) is 36.7. The fourth-order valence-electron chi connectivity index (χ4n) is 3.47. The number of amides is 3. The largest absolute Gasteiger partial charge is 0.379 e. The number of unbranched alkanes of at least 4 members (excludes halogenated alkanes) is 2. The van der Waals surface area contributed by atoms with E-state index in [1.807, 2.05) is 0 Å². The van der Waals surface area contributed by atoms with Gasteiger partial charge < -0.3 is 24.3 Å². The normalized spacial score (nSPS) is 15.7. The third-order valence-electron chi connectivity index (χ3n) is 5.53. The highest BCUT2D eigenvalue weighted by Gasteiger charge is 2.35. The van der Waals surface area contributed by atoms with Crippen molar-refractivity contribution >= 4 is 17.7 Å². The average Bonchev–Trinajstić information content (AvgIpc) is 3.41. The molecule has 1 aromatic heterocycles. The molecule has 12 nitrogen and oxygen atoms in total. The number of nitrogens with zero attached hydrogens (tertiary/aromatic N) is 4. The van der Waals surface area contributed by atoms with Gasteiger partial charge in [-0.1, -0.05) is 31.9 Å². The molecule has 0 aromatic carbocycles. The monoisotopic (exact) mass is 511 g/mol. The van der Waals surface area contributed by atoms with Gasteiger partial charge in [-0.15, -0.1) is 5.10 Å². The minimum atomic E-state index is -0.265. The van der Waals surface area contributed by atoms with Crippen LogP contribution in [0.1, 0.15) is 51.6 Å². The molecule has 204 valence electrons. The molecule has 1 unspecified atom stereocenters. The number of carbonyl (C=O) groups excluding carboxylic acids is 3. The minimum Gasteiger partial charge on any atom is -0.379 e. The van der Waals surface area contributed by atoms with Gasteiger partial charge in [0, 0.05) is 25.3 Å². The van der Waals surface area contributed by atoms with Gasteiger partial charge in [-0.3, -0.25) is 19.3 Å². The van der Waals surface area contributed by atoms with Gasteiger partial charge in [-0.2, -0.15) is 0 Å². The lowest BCUT2D eigenvalue weighted by molar-refractivity contribution is -0.140. The van der Waals surface area contributed by atoms with E-state index in [1.165, 1.54) is 4.90 Å². The Labute approximate surface area is 212 Å². The lowest BCUT2D eigenvalue weighted by Gasteiger charge is -2.11. The first-order chi connectivity index (χ1) is 17.5. The molecule has 12 heteroatoms. The number of hydrogen-bond acceptors (Lipinski definition) is 9. The molecule has 0 spiro atoms. The summed E-state index contributed by atoms with van der Waals surface area (Å²) in [6.07, 6.45) is 5.62. The zero-order chi connectivity index (χ0) is 26.0. The molecule has 2 rings (SSSR count). The molecule has 0 aliphatic carbocycles. The highest BCUT2D eigenvalue weighted by atomic mass is 16.6. The molecule has 1 saturated heterocycles. The summed E-state index contributed by atoms with van der Waals surface area (Å²) in [7, 11) is 0. The molecule has 0 radical (unpaired) electrons. The fraction of sp³-hybridized carbons (Fsp3) is 0.792. The van der Waals surface area contributed by atoms with Crippen LogP contribution in [0.2, 0.25) is 0 Å². The number of ether oxygens (including phenoxy) is 4. The molecular formula is C24H41N5O7. The van der Waals surface area contributed by atoms with Gasteiger partial charge in [-0.05, 0) is 6.42 Å². The van der Waals surface area contributed by atoms with Gasteiger partial charge in [0.2, 0.25) is 17.7 Å². The van der Waals surface area contributed by atoms with Crippen molar-refractivity contribution in [3.63, 3.8) is 0 Å². The Bertz CT molecular complexity index is 789. The van der Waals surface area contributed by atoms with E-state index in [9.17, 15) is 14.4 Å². The molecule has 1 aliphatic rings. The minimum absolute atomic E-state index is 0.0243. The molecule has 1 aromatic rings. The van der Waals surface area contributed by atoms with Gasteiger partial charge in [-0.25, -0.2) is 4.68 Å². The van der Waals surface area contributed by atoms with E-state index in [4.69, 9.17) is 18.9 Å². The number of carbonyl (C=O) groups is 3. The molecule has 1 atom stereocenters. The Morgan fingerprint density at radius 1 is 1.00 bits per heavy atom. The fourth-order valence-corrected chi connectivity index (χ4v) is 3.47. The molecule has 2 heterocycles. The third kappa shape index (κ3) is 12.0. The average molecular weight is 512 g/mol. The maximum Gasteiger partial charge on any atom is 0.232 e. The van der Waals surface area contributed by atoms with Gasteiger partial charge in [0.15, 0.2) is 0 Å². The van der Waals surface area contributed by atoms with E-state index in [2.05, 4.69) is 22.6 Å². The second-order valence-corrected chi connectivity index (χ2v) is 8.65. The summed E-state index contributed by atoms with van der Waals surface area (Å²) in [5.41, 5.74) is 0.572. The van der Waals surface area contributed by atoms with Gasteiger partial charge >= 0.3 is 0 Å². The SMILES string of the molecule is CCCCCNC(=O)CCOCCOCCOCCOCCn1cc(CN2C(=O)CC(C)C2=O)nn1. The zero-order valence-electron chi connectivity index (χ0n) is 21.6. The van der Waals surface area contributed by atoms with E-state index >= 15 is 0 Å². The summed E-state index contributed by atoms with van der Waals surface area (Å²) >= 11 is 0. The summed E-state index contributed by atoms with van der Waals surface area (Å²) in [6.45, 7) is 8.83. The standard InChI is InChI=1S/C24H41N5O7/c1-3-4-5-7-25-22(30)6-9-33-11-13-35-15-16-36-14-12-34-10-8-28-18-21(26-27-28)19-29-23(31)17-20(2)24(29)32/h18,20H,3-17,19H2,1-2H3,(H,25,30). The Morgan fingerprint density at radius 3 is 2.25 bits per heavy atom. The zero-order valence-corrected chi connectivity index (χ0v) is 21.6. The smallest absolute Gasteiger partial charge is 0.232 e. The quantitative estimate of drug-likeness (QED) is 0.189. The van der Waals surface area contributed by atoms with Crippen LogP contribution in [-0.4, -0.2) is 97.0 Å². The first-order valence-corrected chi connectivity index (χ1v) is 12.8. The Kier molecular flexibility index (Phi) is 14.9. The van der Waals surface area contributed by atoms with Crippen LogP contribution in [-0.2, 0) is 46.4 Å². The first kappa shape index (κ1) is 29.8.